The third-order valence-corrected chi connectivity index (χ3v) is 5.88. The summed E-state index contributed by atoms with van der Waals surface area (Å²) in [5.41, 5.74) is 6.20. The molecule has 1 aromatic carbocycles. The molecule has 114 valence electrons. The quantitative estimate of drug-likeness (QED) is 0.807. The van der Waals surface area contributed by atoms with Crippen molar-refractivity contribution < 1.29 is 8.42 Å². The van der Waals surface area contributed by atoms with Gasteiger partial charge in [-0.1, -0.05) is 37.5 Å². The number of rotatable bonds is 5. The van der Waals surface area contributed by atoms with E-state index in [1.807, 2.05) is 12.1 Å². The average molecular weight is 306 g/mol. The van der Waals surface area contributed by atoms with Crippen molar-refractivity contribution in [1.29, 1.82) is 0 Å². The molecule has 1 aromatic rings. The molecule has 21 heavy (non-hydrogen) atoms. The number of sulfone groups is 1. The molecular weight excluding hydrogens is 284 g/mol. The van der Waals surface area contributed by atoms with E-state index in [9.17, 15) is 8.42 Å². The smallest absolute Gasteiger partial charge is 0.178 e. The van der Waals surface area contributed by atoms with Crippen LogP contribution in [0.15, 0.2) is 29.2 Å². The third kappa shape index (κ3) is 2.98. The van der Waals surface area contributed by atoms with Gasteiger partial charge in [-0.3, -0.25) is 5.32 Å². The number of hydrogen-bond acceptors (Lipinski definition) is 4. The summed E-state index contributed by atoms with van der Waals surface area (Å²) in [4.78, 5) is 0.376. The third-order valence-electron chi connectivity index (χ3n) is 4.11. The maximum absolute atomic E-state index is 12.2. The van der Waals surface area contributed by atoms with Crippen molar-refractivity contribution in [2.24, 2.45) is 5.73 Å². The molecule has 5 heteroatoms. The van der Waals surface area contributed by atoms with Gasteiger partial charge in [0.1, 0.15) is 0 Å². The van der Waals surface area contributed by atoms with Crippen molar-refractivity contribution in [3.63, 3.8) is 0 Å². The SMILES string of the molecule is C#CC(CCC)NC1(CN)CCS(=O)(=O)c2ccccc21. The lowest BCUT2D eigenvalue weighted by Crippen LogP contribution is -2.55. The molecule has 0 bridgehead atoms. The van der Waals surface area contributed by atoms with Gasteiger partial charge in [0.05, 0.1) is 22.2 Å². The predicted octanol–water partition coefficient (Wildman–Crippen LogP) is 1.41. The van der Waals surface area contributed by atoms with Crippen molar-refractivity contribution in [3.8, 4) is 12.3 Å². The Morgan fingerprint density at radius 3 is 2.81 bits per heavy atom. The van der Waals surface area contributed by atoms with Crippen LogP contribution in [0, 0.1) is 12.3 Å². The number of fused-ring (bicyclic) bond motifs is 1. The lowest BCUT2D eigenvalue weighted by Gasteiger charge is -2.40. The first kappa shape index (κ1) is 16.0. The normalized spacial score (nSPS) is 24.8. The molecule has 2 rings (SSSR count). The van der Waals surface area contributed by atoms with E-state index in [1.54, 1.807) is 12.1 Å². The van der Waals surface area contributed by atoms with Gasteiger partial charge in [-0.05, 0) is 24.5 Å². The van der Waals surface area contributed by atoms with Gasteiger partial charge in [-0.2, -0.15) is 0 Å². The number of nitrogens with two attached hydrogens (primary N) is 1. The van der Waals surface area contributed by atoms with Gasteiger partial charge < -0.3 is 5.73 Å². The highest BCUT2D eigenvalue weighted by Gasteiger charge is 2.41. The second-order valence-corrected chi connectivity index (χ2v) is 7.58. The van der Waals surface area contributed by atoms with E-state index in [4.69, 9.17) is 12.2 Å². The van der Waals surface area contributed by atoms with E-state index in [1.165, 1.54) is 0 Å². The lowest BCUT2D eigenvalue weighted by atomic mass is 9.85. The minimum absolute atomic E-state index is 0.0949. The van der Waals surface area contributed by atoms with Crippen LogP contribution in [0.25, 0.3) is 0 Å². The highest BCUT2D eigenvalue weighted by molar-refractivity contribution is 7.91. The van der Waals surface area contributed by atoms with E-state index < -0.39 is 15.4 Å². The number of terminal acetylenes is 1. The number of benzene rings is 1. The van der Waals surface area contributed by atoms with E-state index >= 15 is 0 Å². The lowest BCUT2D eigenvalue weighted by molar-refractivity contribution is 0.293. The van der Waals surface area contributed by atoms with E-state index in [0.717, 1.165) is 18.4 Å². The number of hydrogen-bond donors (Lipinski definition) is 2. The van der Waals surface area contributed by atoms with Gasteiger partial charge >= 0.3 is 0 Å². The molecule has 2 unspecified atom stereocenters. The summed E-state index contributed by atoms with van der Waals surface area (Å²) in [5.74, 6) is 2.84. The molecule has 0 amide bonds. The molecule has 0 spiro atoms. The molecule has 0 aromatic heterocycles. The standard InChI is InChI=1S/C16H22N2O2S/c1-3-7-13(4-2)18-16(12-17)10-11-21(19,20)15-9-6-5-8-14(15)16/h2,5-6,8-9,13,18H,3,7,10-12,17H2,1H3. The monoisotopic (exact) mass is 306 g/mol. The van der Waals surface area contributed by atoms with Crippen molar-refractivity contribution in [2.45, 2.75) is 42.7 Å². The Kier molecular flexibility index (Phi) is 4.72. The van der Waals surface area contributed by atoms with Gasteiger partial charge in [0.15, 0.2) is 9.84 Å². The van der Waals surface area contributed by atoms with Crippen LogP contribution in [0.4, 0.5) is 0 Å². The van der Waals surface area contributed by atoms with Crippen LogP contribution >= 0.6 is 0 Å². The van der Waals surface area contributed by atoms with Gasteiger partial charge in [0, 0.05) is 6.54 Å². The van der Waals surface area contributed by atoms with Crippen LogP contribution in [0.1, 0.15) is 31.7 Å². The van der Waals surface area contributed by atoms with Crippen molar-refractivity contribution in [2.75, 3.05) is 12.3 Å². The van der Waals surface area contributed by atoms with Crippen LogP contribution < -0.4 is 11.1 Å². The Hall–Kier alpha value is -1.35. The molecule has 0 radical (unpaired) electrons. The van der Waals surface area contributed by atoms with E-state index in [-0.39, 0.29) is 11.8 Å². The summed E-state index contributed by atoms with van der Waals surface area (Å²) in [7, 11) is -3.23. The Balaban J connectivity index is 2.48. The maximum atomic E-state index is 12.2. The van der Waals surface area contributed by atoms with Crippen LogP contribution in [-0.4, -0.2) is 26.8 Å². The van der Waals surface area contributed by atoms with Gasteiger partial charge in [0.25, 0.3) is 0 Å². The van der Waals surface area contributed by atoms with Gasteiger partial charge in [-0.25, -0.2) is 8.42 Å². The van der Waals surface area contributed by atoms with Crippen molar-refractivity contribution >= 4 is 9.84 Å². The van der Waals surface area contributed by atoms with Crippen LogP contribution in [-0.2, 0) is 15.4 Å². The summed E-state index contributed by atoms with van der Waals surface area (Å²) in [6.45, 7) is 2.39. The Bertz CT molecular complexity index is 648. The first-order valence-corrected chi connectivity index (χ1v) is 8.90. The first-order chi connectivity index (χ1) is 9.99. The summed E-state index contributed by atoms with van der Waals surface area (Å²) >= 11 is 0. The Morgan fingerprint density at radius 1 is 1.48 bits per heavy atom. The highest BCUT2D eigenvalue weighted by Crippen LogP contribution is 2.36. The first-order valence-electron chi connectivity index (χ1n) is 7.25. The fraction of sp³-hybridized carbons (Fsp3) is 0.500. The molecule has 0 fully saturated rings. The van der Waals surface area contributed by atoms with Gasteiger partial charge in [-0.15, -0.1) is 6.42 Å². The molecule has 4 nitrogen and oxygen atoms in total. The molecule has 0 saturated carbocycles. The predicted molar refractivity (Wildman–Crippen MR) is 84.5 cm³/mol. The van der Waals surface area contributed by atoms with Crippen molar-refractivity contribution in [3.05, 3.63) is 29.8 Å². The summed E-state index contributed by atoms with van der Waals surface area (Å²) in [6, 6.07) is 6.98. The zero-order valence-electron chi connectivity index (χ0n) is 12.3. The minimum atomic E-state index is -3.23. The second-order valence-electron chi connectivity index (χ2n) is 5.50. The topological polar surface area (TPSA) is 72.2 Å². The zero-order valence-corrected chi connectivity index (χ0v) is 13.1. The fourth-order valence-corrected chi connectivity index (χ4v) is 4.65. The van der Waals surface area contributed by atoms with E-state index in [0.29, 0.717) is 17.9 Å². The molecule has 2 atom stereocenters. The molecule has 1 heterocycles. The zero-order chi connectivity index (χ0) is 15.5. The van der Waals surface area contributed by atoms with Crippen molar-refractivity contribution in [1.82, 2.24) is 5.32 Å². The van der Waals surface area contributed by atoms with Crippen LogP contribution in [0.3, 0.4) is 0 Å². The largest absolute Gasteiger partial charge is 0.328 e. The molecule has 0 saturated heterocycles. The molecular formula is C16H22N2O2S. The second kappa shape index (κ2) is 6.18. The van der Waals surface area contributed by atoms with Crippen LogP contribution in [0.5, 0.6) is 0 Å². The summed E-state index contributed by atoms with van der Waals surface area (Å²) in [5, 5.41) is 3.44. The van der Waals surface area contributed by atoms with Gasteiger partial charge in [0.2, 0.25) is 0 Å². The minimum Gasteiger partial charge on any atom is -0.328 e. The van der Waals surface area contributed by atoms with E-state index in [2.05, 4.69) is 18.2 Å². The summed E-state index contributed by atoms with van der Waals surface area (Å²) < 4.78 is 24.5. The Morgan fingerprint density at radius 2 is 2.19 bits per heavy atom. The molecule has 1 aliphatic heterocycles. The highest BCUT2D eigenvalue weighted by atomic mass is 32.2. The number of nitrogens with one attached hydrogen (secondary N) is 1. The van der Waals surface area contributed by atoms with Crippen LogP contribution in [0.2, 0.25) is 0 Å². The maximum Gasteiger partial charge on any atom is 0.178 e. The molecule has 0 aliphatic carbocycles. The fourth-order valence-electron chi connectivity index (χ4n) is 2.93. The summed E-state index contributed by atoms with van der Waals surface area (Å²) in [6.07, 6.45) is 7.84. The molecule has 3 N–H and O–H groups in total. The Labute approximate surface area is 127 Å². The average Bonchev–Trinajstić information content (AvgIpc) is 2.50. The molecule has 1 aliphatic rings.